The van der Waals surface area contributed by atoms with Crippen molar-refractivity contribution in [2.45, 2.75) is 19.4 Å². The molecule has 0 aromatic rings. The number of piperazine rings is 1. The molecule has 2 unspecified atom stereocenters. The van der Waals surface area contributed by atoms with Crippen LogP contribution in [0.25, 0.3) is 0 Å². The van der Waals surface area contributed by atoms with Crippen LogP contribution in [0.4, 0.5) is 4.79 Å². The Bertz CT molecular complexity index is 369. The summed E-state index contributed by atoms with van der Waals surface area (Å²) < 4.78 is 10.2. The van der Waals surface area contributed by atoms with Crippen LogP contribution in [-0.2, 0) is 14.3 Å². The molecule has 120 valence electrons. The van der Waals surface area contributed by atoms with Crippen molar-refractivity contribution in [1.82, 2.24) is 15.1 Å². The number of nitrogens with one attached hydrogen (secondary N) is 1. The lowest BCUT2D eigenvalue weighted by molar-refractivity contribution is -0.137. The van der Waals surface area contributed by atoms with E-state index >= 15 is 0 Å². The SMILES string of the molecule is CCCNC1COCC1C(=O)N1CCN(C(=O)OC)CC1. The van der Waals surface area contributed by atoms with Crippen molar-refractivity contribution in [3.05, 3.63) is 0 Å². The molecule has 2 aliphatic heterocycles. The van der Waals surface area contributed by atoms with Gasteiger partial charge in [-0.25, -0.2) is 4.79 Å². The van der Waals surface area contributed by atoms with E-state index in [0.29, 0.717) is 39.4 Å². The van der Waals surface area contributed by atoms with Crippen molar-refractivity contribution >= 4 is 12.0 Å². The van der Waals surface area contributed by atoms with Crippen molar-refractivity contribution in [1.29, 1.82) is 0 Å². The van der Waals surface area contributed by atoms with E-state index < -0.39 is 0 Å². The molecule has 0 aromatic heterocycles. The molecule has 0 aromatic carbocycles. The molecule has 2 rings (SSSR count). The Hall–Kier alpha value is -1.34. The van der Waals surface area contributed by atoms with Gasteiger partial charge in [0.15, 0.2) is 0 Å². The Kier molecular flexibility index (Phi) is 5.81. The number of carbonyl (C=O) groups excluding carboxylic acids is 2. The molecule has 2 heterocycles. The Morgan fingerprint density at radius 3 is 2.48 bits per heavy atom. The summed E-state index contributed by atoms with van der Waals surface area (Å²) in [5, 5.41) is 3.38. The number of rotatable bonds is 4. The molecular formula is C14H25N3O4. The van der Waals surface area contributed by atoms with Gasteiger partial charge in [0.25, 0.3) is 0 Å². The number of ether oxygens (including phenoxy) is 2. The molecule has 2 saturated heterocycles. The Morgan fingerprint density at radius 1 is 1.19 bits per heavy atom. The fourth-order valence-electron chi connectivity index (χ4n) is 2.80. The van der Waals surface area contributed by atoms with Crippen molar-refractivity contribution in [2.75, 3.05) is 53.0 Å². The Balaban J connectivity index is 1.85. The molecule has 2 atom stereocenters. The van der Waals surface area contributed by atoms with Crippen molar-refractivity contribution in [3.8, 4) is 0 Å². The molecule has 0 spiro atoms. The molecule has 2 aliphatic rings. The molecule has 21 heavy (non-hydrogen) atoms. The number of hydrogen-bond acceptors (Lipinski definition) is 5. The second-order valence-corrected chi connectivity index (χ2v) is 5.49. The second-order valence-electron chi connectivity index (χ2n) is 5.49. The topological polar surface area (TPSA) is 71.1 Å². The van der Waals surface area contributed by atoms with Crippen molar-refractivity contribution < 1.29 is 19.1 Å². The van der Waals surface area contributed by atoms with E-state index in [9.17, 15) is 9.59 Å². The smallest absolute Gasteiger partial charge is 0.409 e. The molecule has 2 amide bonds. The summed E-state index contributed by atoms with van der Waals surface area (Å²) in [7, 11) is 1.37. The van der Waals surface area contributed by atoms with Gasteiger partial charge in [0, 0.05) is 32.2 Å². The van der Waals surface area contributed by atoms with Crippen LogP contribution < -0.4 is 5.32 Å². The summed E-state index contributed by atoms with van der Waals surface area (Å²) in [5.41, 5.74) is 0. The zero-order valence-corrected chi connectivity index (χ0v) is 12.8. The van der Waals surface area contributed by atoms with Gasteiger partial charge in [0.2, 0.25) is 5.91 Å². The third-order valence-electron chi connectivity index (χ3n) is 4.08. The summed E-state index contributed by atoms with van der Waals surface area (Å²) in [6.45, 7) is 6.25. The number of carbonyl (C=O) groups is 2. The third kappa shape index (κ3) is 3.85. The van der Waals surface area contributed by atoms with E-state index in [2.05, 4.69) is 12.2 Å². The zero-order valence-electron chi connectivity index (χ0n) is 12.8. The first-order valence-electron chi connectivity index (χ1n) is 7.60. The third-order valence-corrected chi connectivity index (χ3v) is 4.08. The van der Waals surface area contributed by atoms with Gasteiger partial charge in [-0.1, -0.05) is 6.92 Å². The molecule has 0 aliphatic carbocycles. The van der Waals surface area contributed by atoms with E-state index in [4.69, 9.17) is 9.47 Å². The van der Waals surface area contributed by atoms with Gasteiger partial charge in [-0.05, 0) is 13.0 Å². The molecule has 1 N–H and O–H groups in total. The monoisotopic (exact) mass is 299 g/mol. The quantitative estimate of drug-likeness (QED) is 0.786. The van der Waals surface area contributed by atoms with Gasteiger partial charge < -0.3 is 24.6 Å². The van der Waals surface area contributed by atoms with E-state index in [1.54, 1.807) is 4.90 Å². The van der Waals surface area contributed by atoms with Gasteiger partial charge >= 0.3 is 6.09 Å². The molecule has 2 fully saturated rings. The van der Waals surface area contributed by atoms with E-state index in [1.165, 1.54) is 7.11 Å². The maximum absolute atomic E-state index is 12.6. The van der Waals surface area contributed by atoms with Crippen LogP contribution in [0.2, 0.25) is 0 Å². The van der Waals surface area contributed by atoms with Crippen LogP contribution in [0.1, 0.15) is 13.3 Å². The van der Waals surface area contributed by atoms with Crippen molar-refractivity contribution in [3.63, 3.8) is 0 Å². The van der Waals surface area contributed by atoms with Crippen LogP contribution in [0, 0.1) is 5.92 Å². The number of nitrogens with zero attached hydrogens (tertiary/aromatic N) is 2. The Labute approximate surface area is 125 Å². The molecule has 7 nitrogen and oxygen atoms in total. The highest BCUT2D eigenvalue weighted by molar-refractivity contribution is 5.80. The summed E-state index contributed by atoms with van der Waals surface area (Å²) in [6, 6.07) is 0.107. The van der Waals surface area contributed by atoms with Crippen LogP contribution in [0.3, 0.4) is 0 Å². The lowest BCUT2D eigenvalue weighted by Crippen LogP contribution is -2.54. The number of amides is 2. The number of hydrogen-bond donors (Lipinski definition) is 1. The van der Waals surface area contributed by atoms with Gasteiger partial charge in [0.1, 0.15) is 0 Å². The minimum absolute atomic E-state index is 0.107. The predicted molar refractivity (Wildman–Crippen MR) is 76.9 cm³/mol. The van der Waals surface area contributed by atoms with Gasteiger partial charge in [0.05, 0.1) is 26.2 Å². The highest BCUT2D eigenvalue weighted by atomic mass is 16.5. The summed E-state index contributed by atoms with van der Waals surface area (Å²) in [5.74, 6) is 0.0202. The average Bonchev–Trinajstić information content (AvgIpc) is 3.00. The fourth-order valence-corrected chi connectivity index (χ4v) is 2.80. The summed E-state index contributed by atoms with van der Waals surface area (Å²) in [6.07, 6.45) is 0.712. The van der Waals surface area contributed by atoms with Crippen LogP contribution >= 0.6 is 0 Å². The highest BCUT2D eigenvalue weighted by Gasteiger charge is 2.37. The minimum Gasteiger partial charge on any atom is -0.453 e. The zero-order chi connectivity index (χ0) is 15.2. The average molecular weight is 299 g/mol. The fraction of sp³-hybridized carbons (Fsp3) is 0.857. The van der Waals surface area contributed by atoms with Crippen LogP contribution in [0.15, 0.2) is 0 Å². The van der Waals surface area contributed by atoms with E-state index in [1.807, 2.05) is 4.90 Å². The van der Waals surface area contributed by atoms with Crippen LogP contribution in [-0.4, -0.2) is 80.9 Å². The largest absolute Gasteiger partial charge is 0.453 e. The molecule has 0 bridgehead atoms. The normalized spacial score (nSPS) is 26.0. The minimum atomic E-state index is -0.325. The first kappa shape index (κ1) is 16.0. The first-order chi connectivity index (χ1) is 10.2. The molecular weight excluding hydrogens is 274 g/mol. The molecule has 7 heteroatoms. The van der Waals surface area contributed by atoms with Gasteiger partial charge in [-0.15, -0.1) is 0 Å². The number of methoxy groups -OCH3 is 1. The molecule has 0 saturated carbocycles. The van der Waals surface area contributed by atoms with Crippen molar-refractivity contribution in [2.24, 2.45) is 5.92 Å². The van der Waals surface area contributed by atoms with E-state index in [-0.39, 0.29) is 24.0 Å². The van der Waals surface area contributed by atoms with E-state index in [0.717, 1.165) is 13.0 Å². The second kappa shape index (κ2) is 7.61. The summed E-state index contributed by atoms with van der Waals surface area (Å²) in [4.78, 5) is 27.5. The predicted octanol–water partition coefficient (Wildman–Crippen LogP) is -0.0884. The standard InChI is InChI=1S/C14H25N3O4/c1-3-4-15-12-10-21-9-11(12)13(18)16-5-7-17(8-6-16)14(19)20-2/h11-12,15H,3-10H2,1-2H3. The highest BCUT2D eigenvalue weighted by Crippen LogP contribution is 2.18. The first-order valence-corrected chi connectivity index (χ1v) is 7.60. The van der Waals surface area contributed by atoms with Gasteiger partial charge in [-0.2, -0.15) is 0 Å². The Morgan fingerprint density at radius 2 is 1.86 bits per heavy atom. The summed E-state index contributed by atoms with van der Waals surface area (Å²) >= 11 is 0. The maximum atomic E-state index is 12.6. The maximum Gasteiger partial charge on any atom is 0.409 e. The lowest BCUT2D eigenvalue weighted by atomic mass is 10.0. The van der Waals surface area contributed by atoms with Gasteiger partial charge in [-0.3, -0.25) is 4.79 Å². The molecule has 0 radical (unpaired) electrons. The lowest BCUT2D eigenvalue weighted by Gasteiger charge is -2.35. The van der Waals surface area contributed by atoms with Crippen LogP contribution in [0.5, 0.6) is 0 Å².